The lowest BCUT2D eigenvalue weighted by atomic mass is 10.2. The first-order valence-corrected chi connectivity index (χ1v) is 4.21. The maximum absolute atomic E-state index is 10.6. The van der Waals surface area contributed by atoms with E-state index in [0.717, 1.165) is 6.20 Å². The van der Waals surface area contributed by atoms with E-state index in [1.807, 2.05) is 13.8 Å². The van der Waals surface area contributed by atoms with Crippen LogP contribution in [-0.2, 0) is 6.54 Å². The van der Waals surface area contributed by atoms with Crippen LogP contribution >= 0.6 is 0 Å². The molecule has 0 unspecified atom stereocenters. The molecule has 6 heteroatoms. The fraction of sp³-hybridized carbons (Fsp3) is 0.500. The molecular formula is C8H11N3O3. The van der Waals surface area contributed by atoms with Gasteiger partial charge in [0.05, 0.1) is 4.92 Å². The molecule has 0 fully saturated rings. The Morgan fingerprint density at radius 1 is 1.71 bits per heavy atom. The van der Waals surface area contributed by atoms with Crippen molar-refractivity contribution in [1.29, 1.82) is 0 Å². The molecule has 0 atom stereocenters. The number of nitro groups is 1. The van der Waals surface area contributed by atoms with Gasteiger partial charge in [-0.1, -0.05) is 13.8 Å². The van der Waals surface area contributed by atoms with Gasteiger partial charge in [-0.2, -0.15) is 5.10 Å². The summed E-state index contributed by atoms with van der Waals surface area (Å²) in [5.41, 5.74) is -0.204. The first-order valence-electron chi connectivity index (χ1n) is 4.21. The predicted octanol–water partition coefficient (Wildman–Crippen LogP) is 1.26. The maximum Gasteiger partial charge on any atom is 0.317 e. The predicted molar refractivity (Wildman–Crippen MR) is 49.1 cm³/mol. The van der Waals surface area contributed by atoms with Crippen LogP contribution < -0.4 is 0 Å². The van der Waals surface area contributed by atoms with Crippen LogP contribution in [0.15, 0.2) is 6.20 Å². The van der Waals surface area contributed by atoms with Gasteiger partial charge in [-0.05, 0) is 5.92 Å². The van der Waals surface area contributed by atoms with Crippen LogP contribution in [0.5, 0.6) is 0 Å². The Kier molecular flexibility index (Phi) is 2.95. The molecule has 1 aromatic rings. The van der Waals surface area contributed by atoms with Crippen molar-refractivity contribution in [3.8, 4) is 0 Å². The highest BCUT2D eigenvalue weighted by atomic mass is 16.6. The number of nitrogens with zero attached hydrogens (tertiary/aromatic N) is 3. The minimum absolute atomic E-state index is 0.0312. The average molecular weight is 197 g/mol. The van der Waals surface area contributed by atoms with E-state index in [-0.39, 0.29) is 17.3 Å². The Hall–Kier alpha value is -1.72. The van der Waals surface area contributed by atoms with Crippen LogP contribution in [0.25, 0.3) is 0 Å². The third kappa shape index (κ3) is 1.95. The van der Waals surface area contributed by atoms with Gasteiger partial charge < -0.3 is 0 Å². The Morgan fingerprint density at radius 3 is 2.79 bits per heavy atom. The molecule has 0 amide bonds. The zero-order valence-electron chi connectivity index (χ0n) is 8.01. The molecule has 1 rings (SSSR count). The standard InChI is InChI=1S/C8H11N3O3/c1-6(2)4-10-8(5-12)7(3-9-10)11(13)14/h3,5-6H,4H2,1-2H3. The second-order valence-corrected chi connectivity index (χ2v) is 3.37. The molecule has 0 bridgehead atoms. The maximum atomic E-state index is 10.6. The molecule has 0 aromatic carbocycles. The van der Waals surface area contributed by atoms with Crippen molar-refractivity contribution < 1.29 is 9.72 Å². The minimum atomic E-state index is -0.604. The Morgan fingerprint density at radius 2 is 2.36 bits per heavy atom. The summed E-state index contributed by atoms with van der Waals surface area (Å²) in [6.45, 7) is 4.39. The number of rotatable bonds is 4. The highest BCUT2D eigenvalue weighted by molar-refractivity contribution is 5.78. The molecule has 0 N–H and O–H groups in total. The van der Waals surface area contributed by atoms with E-state index in [0.29, 0.717) is 12.8 Å². The number of aldehydes is 1. The van der Waals surface area contributed by atoms with Gasteiger partial charge in [0.25, 0.3) is 0 Å². The summed E-state index contributed by atoms with van der Waals surface area (Å²) in [6, 6.07) is 0. The zero-order valence-corrected chi connectivity index (χ0v) is 8.01. The molecule has 1 heterocycles. The number of hydrogen-bond donors (Lipinski definition) is 0. The van der Waals surface area contributed by atoms with Crippen molar-refractivity contribution in [3.05, 3.63) is 22.0 Å². The van der Waals surface area contributed by atoms with Crippen LogP contribution in [0, 0.1) is 16.0 Å². The molecule has 6 nitrogen and oxygen atoms in total. The summed E-state index contributed by atoms with van der Waals surface area (Å²) in [5.74, 6) is 0.285. The molecule has 0 aliphatic heterocycles. The first kappa shape index (κ1) is 10.4. The van der Waals surface area contributed by atoms with Crippen molar-refractivity contribution in [2.24, 2.45) is 5.92 Å². The fourth-order valence-electron chi connectivity index (χ4n) is 1.14. The van der Waals surface area contributed by atoms with Crippen LogP contribution in [0.2, 0.25) is 0 Å². The third-order valence-electron chi connectivity index (χ3n) is 1.71. The SMILES string of the molecule is CC(C)Cn1ncc([N+](=O)[O-])c1C=O. The lowest BCUT2D eigenvalue weighted by Crippen LogP contribution is -2.09. The highest BCUT2D eigenvalue weighted by Crippen LogP contribution is 2.16. The number of carbonyl (C=O) groups is 1. The van der Waals surface area contributed by atoms with E-state index < -0.39 is 4.92 Å². The van der Waals surface area contributed by atoms with Crippen molar-refractivity contribution in [3.63, 3.8) is 0 Å². The van der Waals surface area contributed by atoms with Crippen molar-refractivity contribution in [2.45, 2.75) is 20.4 Å². The van der Waals surface area contributed by atoms with Crippen molar-refractivity contribution in [1.82, 2.24) is 9.78 Å². The molecular weight excluding hydrogens is 186 g/mol. The molecule has 0 saturated heterocycles. The average Bonchev–Trinajstić information content (AvgIpc) is 2.46. The summed E-state index contributed by atoms with van der Waals surface area (Å²) < 4.78 is 1.36. The second kappa shape index (κ2) is 3.99. The van der Waals surface area contributed by atoms with Crippen molar-refractivity contribution >= 4 is 12.0 Å². The third-order valence-corrected chi connectivity index (χ3v) is 1.71. The first-order chi connectivity index (χ1) is 6.56. The van der Waals surface area contributed by atoms with Gasteiger partial charge >= 0.3 is 5.69 Å². The van der Waals surface area contributed by atoms with Crippen LogP contribution in [0.1, 0.15) is 24.3 Å². The molecule has 14 heavy (non-hydrogen) atoms. The number of hydrogen-bond acceptors (Lipinski definition) is 4. The van der Waals surface area contributed by atoms with E-state index in [2.05, 4.69) is 5.10 Å². The topological polar surface area (TPSA) is 78.0 Å². The molecule has 0 saturated carbocycles. The van der Waals surface area contributed by atoms with E-state index in [9.17, 15) is 14.9 Å². The lowest BCUT2D eigenvalue weighted by molar-refractivity contribution is -0.385. The van der Waals surface area contributed by atoms with Crippen LogP contribution in [0.4, 0.5) is 5.69 Å². The van der Waals surface area contributed by atoms with E-state index in [4.69, 9.17) is 0 Å². The Balaban J connectivity index is 3.07. The number of carbonyl (C=O) groups excluding carboxylic acids is 1. The normalized spacial score (nSPS) is 10.5. The molecule has 0 radical (unpaired) electrons. The largest absolute Gasteiger partial charge is 0.317 e. The summed E-state index contributed by atoms with van der Waals surface area (Å²) in [5, 5.41) is 14.3. The molecule has 0 aliphatic carbocycles. The zero-order chi connectivity index (χ0) is 10.7. The van der Waals surface area contributed by atoms with Crippen LogP contribution in [0.3, 0.4) is 0 Å². The van der Waals surface area contributed by atoms with E-state index >= 15 is 0 Å². The van der Waals surface area contributed by atoms with Gasteiger partial charge in [0.2, 0.25) is 0 Å². The van der Waals surface area contributed by atoms with E-state index in [1.54, 1.807) is 0 Å². The smallest absolute Gasteiger partial charge is 0.296 e. The molecule has 76 valence electrons. The van der Waals surface area contributed by atoms with Gasteiger partial charge in [0, 0.05) is 6.54 Å². The van der Waals surface area contributed by atoms with Gasteiger partial charge in [-0.3, -0.25) is 19.6 Å². The summed E-state index contributed by atoms with van der Waals surface area (Å²) in [6.07, 6.45) is 1.57. The van der Waals surface area contributed by atoms with Gasteiger partial charge in [-0.15, -0.1) is 0 Å². The van der Waals surface area contributed by atoms with E-state index in [1.165, 1.54) is 4.68 Å². The Bertz CT molecular complexity index is 357. The van der Waals surface area contributed by atoms with Crippen molar-refractivity contribution in [2.75, 3.05) is 0 Å². The highest BCUT2D eigenvalue weighted by Gasteiger charge is 2.19. The molecule has 0 spiro atoms. The summed E-state index contributed by atoms with van der Waals surface area (Å²) >= 11 is 0. The van der Waals surface area contributed by atoms with Gasteiger partial charge in [0.15, 0.2) is 12.0 Å². The summed E-state index contributed by atoms with van der Waals surface area (Å²) in [4.78, 5) is 20.5. The lowest BCUT2D eigenvalue weighted by Gasteiger charge is -2.04. The molecule has 0 aliphatic rings. The second-order valence-electron chi connectivity index (χ2n) is 3.37. The van der Waals surface area contributed by atoms with Gasteiger partial charge in [0.1, 0.15) is 6.20 Å². The van der Waals surface area contributed by atoms with Crippen LogP contribution in [-0.4, -0.2) is 21.0 Å². The van der Waals surface area contributed by atoms with Gasteiger partial charge in [-0.25, -0.2) is 0 Å². The monoisotopic (exact) mass is 197 g/mol. The fourth-order valence-corrected chi connectivity index (χ4v) is 1.14. The Labute approximate surface area is 80.7 Å². The minimum Gasteiger partial charge on any atom is -0.296 e. The molecule has 1 aromatic heterocycles. The summed E-state index contributed by atoms with van der Waals surface area (Å²) in [7, 11) is 0. The quantitative estimate of drug-likeness (QED) is 0.413. The number of aromatic nitrogens is 2.